The fourth-order valence-corrected chi connectivity index (χ4v) is 0.802. The Morgan fingerprint density at radius 3 is 2.00 bits per heavy atom. The lowest BCUT2D eigenvalue weighted by Crippen LogP contribution is -2.46. The number of alkyl halides is 4. The molecule has 0 aliphatic rings. The Morgan fingerprint density at radius 2 is 1.71 bits per heavy atom. The molecule has 7 heteroatoms. The fourth-order valence-electron chi connectivity index (χ4n) is 0.802. The predicted octanol–water partition coefficient (Wildman–Crippen LogP) is 1.31. The van der Waals surface area contributed by atoms with Gasteiger partial charge in [0.05, 0.1) is 6.54 Å². The van der Waals surface area contributed by atoms with Crippen molar-refractivity contribution >= 4 is 5.96 Å². The molecule has 0 aliphatic carbocycles. The van der Waals surface area contributed by atoms with Crippen LogP contribution in [-0.4, -0.2) is 55.8 Å². The molecule has 0 aliphatic heterocycles. The molecule has 1 N–H and O–H groups in total. The largest absolute Gasteiger partial charge is 0.349 e. The van der Waals surface area contributed by atoms with E-state index in [2.05, 4.69) is 0 Å². The maximum atomic E-state index is 12.5. The Kier molecular flexibility index (Phi) is 4.15. The fraction of sp³-hybridized carbons (Fsp3) is 0.857. The molecule has 0 spiro atoms. The van der Waals surface area contributed by atoms with Crippen molar-refractivity contribution in [1.29, 1.82) is 5.41 Å². The van der Waals surface area contributed by atoms with Crippen LogP contribution in [0.4, 0.5) is 17.6 Å². The second-order valence-corrected chi connectivity index (χ2v) is 3.14. The van der Waals surface area contributed by atoms with E-state index in [1.807, 2.05) is 0 Å². The highest BCUT2D eigenvalue weighted by molar-refractivity contribution is 5.76. The van der Waals surface area contributed by atoms with Gasteiger partial charge in [-0.2, -0.15) is 8.78 Å². The maximum Gasteiger partial charge on any atom is 0.324 e. The van der Waals surface area contributed by atoms with Gasteiger partial charge in [-0.3, -0.25) is 5.41 Å². The third-order valence-corrected chi connectivity index (χ3v) is 1.55. The minimum atomic E-state index is -4.09. The van der Waals surface area contributed by atoms with E-state index in [9.17, 15) is 17.6 Å². The van der Waals surface area contributed by atoms with Crippen LogP contribution in [0.15, 0.2) is 0 Å². The molecule has 0 saturated carbocycles. The predicted molar refractivity (Wildman–Crippen MR) is 45.0 cm³/mol. The highest BCUT2D eigenvalue weighted by atomic mass is 19.3. The number of guanidine groups is 1. The topological polar surface area (TPSA) is 30.3 Å². The van der Waals surface area contributed by atoms with Crippen LogP contribution in [0, 0.1) is 5.41 Å². The molecule has 0 radical (unpaired) electrons. The highest BCUT2D eigenvalue weighted by Crippen LogP contribution is 2.23. The molecule has 0 unspecified atom stereocenters. The first-order valence-corrected chi connectivity index (χ1v) is 3.81. The Morgan fingerprint density at radius 1 is 1.29 bits per heavy atom. The molecule has 14 heavy (non-hydrogen) atoms. The lowest BCUT2D eigenvalue weighted by Gasteiger charge is -2.28. The van der Waals surface area contributed by atoms with Crippen molar-refractivity contribution in [2.24, 2.45) is 0 Å². The molecular weight excluding hydrogens is 202 g/mol. The number of hydrogen-bond donors (Lipinski definition) is 1. The van der Waals surface area contributed by atoms with Gasteiger partial charge < -0.3 is 9.80 Å². The van der Waals surface area contributed by atoms with Crippen LogP contribution in [-0.2, 0) is 0 Å². The van der Waals surface area contributed by atoms with Crippen molar-refractivity contribution in [1.82, 2.24) is 9.80 Å². The average molecular weight is 215 g/mol. The van der Waals surface area contributed by atoms with Crippen LogP contribution in [0.5, 0.6) is 0 Å². The molecule has 0 fully saturated rings. The number of hydrogen-bond acceptors (Lipinski definition) is 1. The van der Waals surface area contributed by atoms with Gasteiger partial charge in [0.15, 0.2) is 5.96 Å². The van der Waals surface area contributed by atoms with E-state index in [0.717, 1.165) is 4.90 Å². The second-order valence-electron chi connectivity index (χ2n) is 3.14. The summed E-state index contributed by atoms with van der Waals surface area (Å²) in [6, 6.07) is 0. The first kappa shape index (κ1) is 13.0. The zero-order chi connectivity index (χ0) is 11.5. The van der Waals surface area contributed by atoms with Gasteiger partial charge in [0.1, 0.15) is 0 Å². The quantitative estimate of drug-likeness (QED) is 0.437. The van der Waals surface area contributed by atoms with E-state index >= 15 is 0 Å². The van der Waals surface area contributed by atoms with Gasteiger partial charge in [-0.1, -0.05) is 0 Å². The third kappa shape index (κ3) is 3.39. The zero-order valence-electron chi connectivity index (χ0n) is 8.19. The highest BCUT2D eigenvalue weighted by Gasteiger charge is 2.42. The molecule has 0 amide bonds. The summed E-state index contributed by atoms with van der Waals surface area (Å²) in [5, 5.41) is 7.24. The monoisotopic (exact) mass is 215 g/mol. The summed E-state index contributed by atoms with van der Waals surface area (Å²) in [7, 11) is 4.11. The summed E-state index contributed by atoms with van der Waals surface area (Å²) in [6.07, 6.45) is -3.71. The number of halogens is 4. The summed E-state index contributed by atoms with van der Waals surface area (Å²) < 4.78 is 48.6. The summed E-state index contributed by atoms with van der Waals surface area (Å²) in [4.78, 5) is 2.02. The van der Waals surface area contributed by atoms with Crippen molar-refractivity contribution < 1.29 is 17.6 Å². The second kappa shape index (κ2) is 4.47. The van der Waals surface area contributed by atoms with E-state index in [0.29, 0.717) is 0 Å². The number of nitrogens with one attached hydrogen (secondary N) is 1. The Labute approximate surface area is 79.8 Å². The molecule has 0 bridgehead atoms. The molecule has 0 atom stereocenters. The average Bonchev–Trinajstić information content (AvgIpc) is 2.01. The van der Waals surface area contributed by atoms with Crippen LogP contribution in [0.3, 0.4) is 0 Å². The first-order chi connectivity index (χ1) is 6.18. The normalized spacial score (nSPS) is 11.7. The molecular formula is C7H13F4N3. The summed E-state index contributed by atoms with van der Waals surface area (Å²) >= 11 is 0. The summed E-state index contributed by atoms with van der Waals surface area (Å²) in [5.41, 5.74) is 0. The molecule has 0 heterocycles. The zero-order valence-corrected chi connectivity index (χ0v) is 8.19. The summed E-state index contributed by atoms with van der Waals surface area (Å²) in [6.45, 7) is -1.16. The van der Waals surface area contributed by atoms with Crippen molar-refractivity contribution in [3.63, 3.8) is 0 Å². The smallest absolute Gasteiger partial charge is 0.324 e. The molecule has 84 valence electrons. The molecule has 0 saturated heterocycles. The van der Waals surface area contributed by atoms with Crippen LogP contribution in [0.2, 0.25) is 0 Å². The van der Waals surface area contributed by atoms with Gasteiger partial charge in [-0.15, -0.1) is 0 Å². The SMILES string of the molecule is CN(C)C(=N)N(C)CC(F)(F)C(F)F. The van der Waals surface area contributed by atoms with Gasteiger partial charge in [0, 0.05) is 21.1 Å². The van der Waals surface area contributed by atoms with Gasteiger partial charge >= 0.3 is 12.3 Å². The lowest BCUT2D eigenvalue weighted by molar-refractivity contribution is -0.134. The van der Waals surface area contributed by atoms with Gasteiger partial charge in [0.25, 0.3) is 0 Å². The lowest BCUT2D eigenvalue weighted by atomic mass is 10.3. The Hall–Kier alpha value is -1.01. The van der Waals surface area contributed by atoms with Crippen molar-refractivity contribution in [2.45, 2.75) is 12.3 Å². The van der Waals surface area contributed by atoms with Crippen LogP contribution < -0.4 is 0 Å². The van der Waals surface area contributed by atoms with Gasteiger partial charge in [-0.25, -0.2) is 8.78 Å². The third-order valence-electron chi connectivity index (χ3n) is 1.55. The van der Waals surface area contributed by atoms with Gasteiger partial charge in [0.2, 0.25) is 0 Å². The molecule has 0 aromatic heterocycles. The van der Waals surface area contributed by atoms with E-state index < -0.39 is 18.9 Å². The van der Waals surface area contributed by atoms with E-state index in [1.54, 1.807) is 0 Å². The van der Waals surface area contributed by atoms with E-state index in [4.69, 9.17) is 5.41 Å². The molecule has 0 rings (SSSR count). The molecule has 0 aromatic rings. The van der Waals surface area contributed by atoms with Crippen molar-refractivity contribution in [3.8, 4) is 0 Å². The van der Waals surface area contributed by atoms with E-state index in [-0.39, 0.29) is 5.96 Å². The van der Waals surface area contributed by atoms with Gasteiger partial charge in [-0.05, 0) is 0 Å². The minimum absolute atomic E-state index is 0.245. The number of rotatable bonds is 3. The first-order valence-electron chi connectivity index (χ1n) is 3.81. The van der Waals surface area contributed by atoms with Crippen molar-refractivity contribution in [2.75, 3.05) is 27.7 Å². The maximum absolute atomic E-state index is 12.5. The molecule has 3 nitrogen and oxygen atoms in total. The van der Waals surface area contributed by atoms with Crippen LogP contribution >= 0.6 is 0 Å². The van der Waals surface area contributed by atoms with E-state index in [1.165, 1.54) is 26.0 Å². The minimum Gasteiger partial charge on any atom is -0.349 e. The standard InChI is InChI=1S/C7H13F4N3/c1-13(2)6(12)14(3)4-7(10,11)5(8)9/h5,12H,4H2,1-3H3. The summed E-state index contributed by atoms with van der Waals surface area (Å²) in [5.74, 6) is -4.33. The van der Waals surface area contributed by atoms with Crippen molar-refractivity contribution in [3.05, 3.63) is 0 Å². The Bertz CT molecular complexity index is 205. The van der Waals surface area contributed by atoms with Crippen LogP contribution in [0.1, 0.15) is 0 Å². The van der Waals surface area contributed by atoms with Crippen LogP contribution in [0.25, 0.3) is 0 Å². The molecule has 0 aromatic carbocycles. The Balaban J connectivity index is 4.32. The number of nitrogens with zero attached hydrogens (tertiary/aromatic N) is 2.